The molecule has 0 aromatic heterocycles. The van der Waals surface area contributed by atoms with Crippen LogP contribution in [0.2, 0.25) is 0 Å². The molecule has 1 saturated heterocycles. The van der Waals surface area contributed by atoms with Gasteiger partial charge in [-0.1, -0.05) is 143 Å². The summed E-state index contributed by atoms with van der Waals surface area (Å²) in [5.74, 6) is 0.623. The second-order valence-corrected chi connectivity index (χ2v) is 11.6. The monoisotopic (exact) mass is 566 g/mol. The summed E-state index contributed by atoms with van der Waals surface area (Å²) >= 11 is 7.76. The van der Waals surface area contributed by atoms with E-state index in [2.05, 4.69) is 62.4 Å². The second kappa shape index (κ2) is 19.2. The fourth-order valence-corrected chi connectivity index (χ4v) is 6.65. The summed E-state index contributed by atoms with van der Waals surface area (Å²) in [4.78, 5) is 5.63. The lowest BCUT2D eigenvalue weighted by molar-refractivity contribution is 0.0632. The quantitative estimate of drug-likeness (QED) is 0.0910. The van der Waals surface area contributed by atoms with E-state index in [4.69, 9.17) is 0 Å². The normalized spacial score (nSPS) is 23.6. The maximum Gasteiger partial charge on any atom is 0.0928 e. The highest BCUT2D eigenvalue weighted by Crippen LogP contribution is 2.38. The molecule has 0 saturated carbocycles. The SMILES string of the molecule is CCCCCCCCCCCCCCCCC(C)C1N(CCC)C(Br)C(Br)N1CCO. The number of unbranched alkanes of at least 4 members (excludes halogenated alkanes) is 13. The third-order valence-electron chi connectivity index (χ3n) is 6.90. The summed E-state index contributed by atoms with van der Waals surface area (Å²) in [5.41, 5.74) is 0. The molecule has 0 radical (unpaired) electrons. The van der Waals surface area contributed by atoms with E-state index < -0.39 is 0 Å². The van der Waals surface area contributed by atoms with Crippen LogP contribution in [0.15, 0.2) is 0 Å². The Balaban J connectivity index is 2.13. The van der Waals surface area contributed by atoms with Crippen molar-refractivity contribution in [2.45, 2.75) is 140 Å². The van der Waals surface area contributed by atoms with Crippen molar-refractivity contribution in [1.82, 2.24) is 9.80 Å². The molecule has 0 spiro atoms. The van der Waals surface area contributed by atoms with Crippen LogP contribution in [0, 0.1) is 5.92 Å². The van der Waals surface area contributed by atoms with Gasteiger partial charge in [0.25, 0.3) is 0 Å². The lowest BCUT2D eigenvalue weighted by atomic mass is 9.97. The smallest absolute Gasteiger partial charge is 0.0928 e. The van der Waals surface area contributed by atoms with Crippen molar-refractivity contribution < 1.29 is 5.11 Å². The first-order valence-electron chi connectivity index (χ1n) is 13.5. The summed E-state index contributed by atoms with van der Waals surface area (Å²) in [7, 11) is 0. The maximum atomic E-state index is 9.56. The Labute approximate surface area is 211 Å². The Morgan fingerprint density at radius 3 is 1.48 bits per heavy atom. The molecular weight excluding hydrogens is 516 g/mol. The van der Waals surface area contributed by atoms with Crippen molar-refractivity contribution in [3.8, 4) is 0 Å². The van der Waals surface area contributed by atoms with Crippen LogP contribution in [-0.4, -0.2) is 50.7 Å². The van der Waals surface area contributed by atoms with Crippen LogP contribution in [0.3, 0.4) is 0 Å². The van der Waals surface area contributed by atoms with E-state index in [-0.39, 0.29) is 11.6 Å². The summed E-state index contributed by atoms with van der Waals surface area (Å²) < 4.78 is 0. The standard InChI is InChI=1S/C26H52Br2N2O/c1-4-6-7-8-9-10-11-12-13-14-15-16-17-18-19-23(3)26-29(20-5-2)24(27)25(28)30(26)21-22-31/h23-26,31H,4-22H2,1-3H3. The number of β-amino-alcohol motifs (C(OH)–C–C–N with tert-alkyl or cyclic N) is 1. The number of hydrogen-bond donors (Lipinski definition) is 1. The minimum atomic E-state index is 0.226. The van der Waals surface area contributed by atoms with Crippen molar-refractivity contribution in [2.24, 2.45) is 5.92 Å². The zero-order valence-corrected chi connectivity index (χ0v) is 24.0. The Morgan fingerprint density at radius 2 is 1.06 bits per heavy atom. The van der Waals surface area contributed by atoms with E-state index >= 15 is 0 Å². The van der Waals surface area contributed by atoms with E-state index in [9.17, 15) is 5.11 Å². The Hall–Kier alpha value is 0.840. The Bertz CT molecular complexity index is 395. The van der Waals surface area contributed by atoms with Gasteiger partial charge in [0.1, 0.15) is 0 Å². The van der Waals surface area contributed by atoms with Crippen molar-refractivity contribution in [3.05, 3.63) is 0 Å². The van der Waals surface area contributed by atoms with Gasteiger partial charge < -0.3 is 5.11 Å². The average Bonchev–Trinajstić information content (AvgIpc) is 2.99. The molecular formula is C26H52Br2N2O. The van der Waals surface area contributed by atoms with E-state index in [0.717, 1.165) is 19.5 Å². The van der Waals surface area contributed by atoms with E-state index in [0.29, 0.717) is 17.0 Å². The number of rotatable bonds is 20. The molecule has 3 nitrogen and oxygen atoms in total. The van der Waals surface area contributed by atoms with Gasteiger partial charge in [-0.2, -0.15) is 0 Å². The highest BCUT2D eigenvalue weighted by Gasteiger charge is 2.45. The van der Waals surface area contributed by atoms with Gasteiger partial charge >= 0.3 is 0 Å². The summed E-state index contributed by atoms with van der Waals surface area (Å²) in [6, 6.07) is 0. The minimum absolute atomic E-state index is 0.226. The molecule has 1 aliphatic rings. The van der Waals surface area contributed by atoms with Crippen LogP contribution in [0.5, 0.6) is 0 Å². The molecule has 1 fully saturated rings. The van der Waals surface area contributed by atoms with Gasteiger partial charge in [-0.25, -0.2) is 0 Å². The van der Waals surface area contributed by atoms with Gasteiger partial charge in [0.2, 0.25) is 0 Å². The third-order valence-corrected chi connectivity index (χ3v) is 9.67. The van der Waals surface area contributed by atoms with Gasteiger partial charge in [0.15, 0.2) is 0 Å². The van der Waals surface area contributed by atoms with Gasteiger partial charge in [-0.05, 0) is 18.8 Å². The number of halogens is 2. The van der Waals surface area contributed by atoms with Crippen LogP contribution in [-0.2, 0) is 0 Å². The molecule has 186 valence electrons. The van der Waals surface area contributed by atoms with E-state index in [1.54, 1.807) is 0 Å². The van der Waals surface area contributed by atoms with Crippen molar-refractivity contribution in [1.29, 1.82) is 0 Å². The van der Waals surface area contributed by atoms with Crippen molar-refractivity contribution in [3.63, 3.8) is 0 Å². The zero-order chi connectivity index (χ0) is 22.9. The second-order valence-electron chi connectivity index (χ2n) is 9.72. The van der Waals surface area contributed by atoms with Crippen LogP contribution in [0.25, 0.3) is 0 Å². The number of nitrogens with zero attached hydrogens (tertiary/aromatic N) is 2. The molecule has 0 aliphatic carbocycles. The Kier molecular flexibility index (Phi) is 18.5. The number of alkyl halides is 2. The topological polar surface area (TPSA) is 26.7 Å². The first-order chi connectivity index (χ1) is 15.1. The molecule has 31 heavy (non-hydrogen) atoms. The first-order valence-corrected chi connectivity index (χ1v) is 15.3. The molecule has 0 aromatic carbocycles. The molecule has 4 unspecified atom stereocenters. The van der Waals surface area contributed by atoms with Crippen LogP contribution >= 0.6 is 31.9 Å². The van der Waals surface area contributed by atoms with E-state index in [1.165, 1.54) is 96.3 Å². The van der Waals surface area contributed by atoms with Crippen LogP contribution in [0.4, 0.5) is 0 Å². The highest BCUT2D eigenvalue weighted by atomic mass is 79.9. The fraction of sp³-hybridized carbons (Fsp3) is 1.00. The fourth-order valence-electron chi connectivity index (χ4n) is 5.15. The molecule has 0 amide bonds. The minimum Gasteiger partial charge on any atom is -0.395 e. The molecule has 5 heteroatoms. The lowest BCUT2D eigenvalue weighted by Crippen LogP contribution is -2.46. The molecule has 1 rings (SSSR count). The predicted octanol–water partition coefficient (Wildman–Crippen LogP) is 8.28. The number of aliphatic hydroxyl groups is 1. The number of hydrogen-bond acceptors (Lipinski definition) is 3. The van der Waals surface area contributed by atoms with Gasteiger partial charge in [-0.15, -0.1) is 0 Å². The van der Waals surface area contributed by atoms with Gasteiger partial charge in [0.05, 0.1) is 22.7 Å². The molecule has 1 N–H and O–H groups in total. The molecule has 4 atom stereocenters. The number of aliphatic hydroxyl groups excluding tert-OH is 1. The van der Waals surface area contributed by atoms with Crippen LogP contribution in [0.1, 0.15) is 124 Å². The largest absolute Gasteiger partial charge is 0.395 e. The molecule has 1 heterocycles. The summed E-state index contributed by atoms with van der Waals surface area (Å²) in [6.07, 6.45) is 22.7. The van der Waals surface area contributed by atoms with Gasteiger partial charge in [0, 0.05) is 13.1 Å². The summed E-state index contributed by atoms with van der Waals surface area (Å²) in [5, 5.41) is 9.56. The molecule has 1 aliphatic heterocycles. The zero-order valence-electron chi connectivity index (χ0n) is 20.8. The molecule has 0 aromatic rings. The maximum absolute atomic E-state index is 9.56. The average molecular weight is 569 g/mol. The molecule has 0 bridgehead atoms. The van der Waals surface area contributed by atoms with Gasteiger partial charge in [-0.3, -0.25) is 9.80 Å². The highest BCUT2D eigenvalue weighted by molar-refractivity contribution is 9.12. The predicted molar refractivity (Wildman–Crippen MR) is 144 cm³/mol. The van der Waals surface area contributed by atoms with E-state index in [1.807, 2.05) is 0 Å². The Morgan fingerprint density at radius 1 is 0.645 bits per heavy atom. The van der Waals surface area contributed by atoms with Crippen molar-refractivity contribution >= 4 is 31.9 Å². The summed E-state index contributed by atoms with van der Waals surface area (Å²) in [6.45, 7) is 9.03. The lowest BCUT2D eigenvalue weighted by Gasteiger charge is -2.35. The van der Waals surface area contributed by atoms with Crippen LogP contribution < -0.4 is 0 Å². The first kappa shape index (κ1) is 29.9. The van der Waals surface area contributed by atoms with Crippen molar-refractivity contribution in [2.75, 3.05) is 19.7 Å². The third kappa shape index (κ3) is 11.7.